The van der Waals surface area contributed by atoms with E-state index in [-0.39, 0.29) is 11.9 Å². The number of rotatable bonds is 6. The quantitative estimate of drug-likeness (QED) is 0.640. The van der Waals surface area contributed by atoms with Crippen molar-refractivity contribution >= 4 is 11.9 Å². The summed E-state index contributed by atoms with van der Waals surface area (Å²) in [5.41, 5.74) is 5.82. The molecule has 0 heterocycles. The lowest BCUT2D eigenvalue weighted by Gasteiger charge is -2.24. The van der Waals surface area contributed by atoms with Crippen LogP contribution < -0.4 is 11.1 Å². The van der Waals surface area contributed by atoms with Gasteiger partial charge in [0.2, 0.25) is 5.91 Å². The zero-order valence-electron chi connectivity index (χ0n) is 11.7. The van der Waals surface area contributed by atoms with E-state index in [1.807, 2.05) is 0 Å². The van der Waals surface area contributed by atoms with Crippen molar-refractivity contribution in [2.75, 3.05) is 0 Å². The highest BCUT2D eigenvalue weighted by Gasteiger charge is 2.31. The van der Waals surface area contributed by atoms with Gasteiger partial charge in [-0.3, -0.25) is 9.59 Å². The Bertz CT molecular complexity index is 307. The Morgan fingerprint density at radius 3 is 2.63 bits per heavy atom. The lowest BCUT2D eigenvalue weighted by atomic mass is 9.94. The third-order valence-corrected chi connectivity index (χ3v) is 3.87. The van der Waals surface area contributed by atoms with Crippen molar-refractivity contribution in [1.82, 2.24) is 5.32 Å². The topological polar surface area (TPSA) is 92.4 Å². The molecule has 19 heavy (non-hydrogen) atoms. The third-order valence-electron chi connectivity index (χ3n) is 3.87. The molecule has 110 valence electrons. The maximum Gasteiger partial charge on any atom is 0.308 e. The highest BCUT2D eigenvalue weighted by atomic mass is 16.4. The monoisotopic (exact) mass is 270 g/mol. The van der Waals surface area contributed by atoms with E-state index < -0.39 is 17.9 Å². The van der Waals surface area contributed by atoms with E-state index in [1.54, 1.807) is 0 Å². The van der Waals surface area contributed by atoms with E-state index >= 15 is 0 Å². The number of nitrogens with one attached hydrogen (secondary N) is 1. The second kappa shape index (κ2) is 8.15. The Labute approximate surface area is 114 Å². The number of carbonyl (C=O) groups excluding carboxylic acids is 1. The van der Waals surface area contributed by atoms with Gasteiger partial charge < -0.3 is 16.2 Å². The largest absolute Gasteiger partial charge is 0.481 e. The summed E-state index contributed by atoms with van der Waals surface area (Å²) < 4.78 is 0. The summed E-state index contributed by atoms with van der Waals surface area (Å²) in [4.78, 5) is 23.2. The van der Waals surface area contributed by atoms with Crippen LogP contribution >= 0.6 is 0 Å². The summed E-state index contributed by atoms with van der Waals surface area (Å²) in [6.07, 6.45) is 6.90. The van der Waals surface area contributed by atoms with Gasteiger partial charge in [0.15, 0.2) is 0 Å². The molecule has 5 heteroatoms. The van der Waals surface area contributed by atoms with Crippen LogP contribution in [0.25, 0.3) is 0 Å². The number of amides is 1. The average Bonchev–Trinajstić information content (AvgIpc) is 2.61. The van der Waals surface area contributed by atoms with E-state index in [2.05, 4.69) is 12.2 Å². The minimum Gasteiger partial charge on any atom is -0.481 e. The second-order valence-corrected chi connectivity index (χ2v) is 5.45. The van der Waals surface area contributed by atoms with Crippen LogP contribution in [0.1, 0.15) is 58.3 Å². The van der Waals surface area contributed by atoms with Crippen LogP contribution in [0.3, 0.4) is 0 Å². The van der Waals surface area contributed by atoms with Gasteiger partial charge in [0.25, 0.3) is 0 Å². The normalized spacial score (nSPS) is 25.4. The maximum atomic E-state index is 12.0. The van der Waals surface area contributed by atoms with Gasteiger partial charge in [0, 0.05) is 6.04 Å². The van der Waals surface area contributed by atoms with Crippen molar-refractivity contribution in [2.24, 2.45) is 11.7 Å². The first kappa shape index (κ1) is 16.0. The molecule has 1 saturated carbocycles. The molecule has 0 saturated heterocycles. The number of hydrogen-bond donors (Lipinski definition) is 3. The van der Waals surface area contributed by atoms with Gasteiger partial charge >= 0.3 is 5.97 Å². The predicted molar refractivity (Wildman–Crippen MR) is 73.6 cm³/mol. The van der Waals surface area contributed by atoms with E-state index in [0.29, 0.717) is 12.8 Å². The fourth-order valence-electron chi connectivity index (χ4n) is 2.62. The molecular weight excluding hydrogens is 244 g/mol. The average molecular weight is 270 g/mol. The van der Waals surface area contributed by atoms with Crippen LogP contribution in [-0.2, 0) is 9.59 Å². The van der Waals surface area contributed by atoms with Crippen molar-refractivity contribution < 1.29 is 14.7 Å². The Hall–Kier alpha value is -1.10. The van der Waals surface area contributed by atoms with Crippen molar-refractivity contribution in [3.8, 4) is 0 Å². The van der Waals surface area contributed by atoms with E-state index in [0.717, 1.165) is 38.5 Å². The van der Waals surface area contributed by atoms with E-state index in [4.69, 9.17) is 5.73 Å². The number of carbonyl (C=O) groups is 2. The molecule has 1 fully saturated rings. The van der Waals surface area contributed by atoms with E-state index in [9.17, 15) is 14.7 Å². The van der Waals surface area contributed by atoms with Gasteiger partial charge in [-0.2, -0.15) is 0 Å². The van der Waals surface area contributed by atoms with Crippen molar-refractivity contribution in [2.45, 2.75) is 70.4 Å². The number of aliphatic carboxylic acids is 1. The van der Waals surface area contributed by atoms with Gasteiger partial charge in [0.1, 0.15) is 0 Å². The van der Waals surface area contributed by atoms with Crippen molar-refractivity contribution in [1.29, 1.82) is 0 Å². The minimum atomic E-state index is -0.811. The molecular formula is C14H26N2O3. The molecule has 1 aliphatic carbocycles. The Balaban J connectivity index is 2.55. The molecule has 0 aliphatic heterocycles. The van der Waals surface area contributed by atoms with Crippen molar-refractivity contribution in [3.05, 3.63) is 0 Å². The molecule has 3 unspecified atom stereocenters. The number of nitrogens with two attached hydrogens (primary N) is 1. The molecule has 5 nitrogen and oxygen atoms in total. The summed E-state index contributed by atoms with van der Waals surface area (Å²) >= 11 is 0. The van der Waals surface area contributed by atoms with Gasteiger partial charge in [-0.05, 0) is 19.3 Å². The zero-order chi connectivity index (χ0) is 14.3. The van der Waals surface area contributed by atoms with Crippen LogP contribution in [0.2, 0.25) is 0 Å². The summed E-state index contributed by atoms with van der Waals surface area (Å²) in [5.74, 6) is -1.48. The molecule has 0 bridgehead atoms. The summed E-state index contributed by atoms with van der Waals surface area (Å²) in [5, 5.41) is 12.1. The highest BCUT2D eigenvalue weighted by Crippen LogP contribution is 2.24. The summed E-state index contributed by atoms with van der Waals surface area (Å²) in [6, 6.07) is -0.780. The van der Waals surface area contributed by atoms with Gasteiger partial charge in [-0.25, -0.2) is 0 Å². The second-order valence-electron chi connectivity index (χ2n) is 5.45. The first-order valence-electron chi connectivity index (χ1n) is 7.35. The number of unbranched alkanes of at least 4 members (excludes halogenated alkanes) is 1. The first-order chi connectivity index (χ1) is 9.06. The molecule has 3 atom stereocenters. The molecule has 0 aromatic carbocycles. The Morgan fingerprint density at radius 2 is 2.00 bits per heavy atom. The Morgan fingerprint density at radius 1 is 1.32 bits per heavy atom. The summed E-state index contributed by atoms with van der Waals surface area (Å²) in [6.45, 7) is 2.05. The minimum absolute atomic E-state index is 0.202. The summed E-state index contributed by atoms with van der Waals surface area (Å²) in [7, 11) is 0. The van der Waals surface area contributed by atoms with E-state index in [1.165, 1.54) is 0 Å². The number of hydrogen-bond acceptors (Lipinski definition) is 3. The van der Waals surface area contributed by atoms with Crippen LogP contribution in [-0.4, -0.2) is 29.1 Å². The molecule has 1 amide bonds. The van der Waals surface area contributed by atoms with Crippen LogP contribution in [0.5, 0.6) is 0 Å². The molecule has 0 aromatic rings. The molecule has 4 N–H and O–H groups in total. The van der Waals surface area contributed by atoms with Crippen LogP contribution in [0.15, 0.2) is 0 Å². The lowest BCUT2D eigenvalue weighted by Crippen LogP contribution is -2.49. The molecule has 0 radical (unpaired) electrons. The Kier molecular flexibility index (Phi) is 6.84. The van der Waals surface area contributed by atoms with Gasteiger partial charge in [-0.1, -0.05) is 39.0 Å². The smallest absolute Gasteiger partial charge is 0.308 e. The van der Waals surface area contributed by atoms with Crippen molar-refractivity contribution in [3.63, 3.8) is 0 Å². The fraction of sp³-hybridized carbons (Fsp3) is 0.857. The van der Waals surface area contributed by atoms with Crippen LogP contribution in [0, 0.1) is 5.92 Å². The zero-order valence-corrected chi connectivity index (χ0v) is 11.7. The number of carboxylic acid groups (broad SMARTS) is 1. The third kappa shape index (κ3) is 5.19. The molecule has 1 aliphatic rings. The predicted octanol–water partition coefficient (Wildman–Crippen LogP) is 1.65. The molecule has 0 spiro atoms. The highest BCUT2D eigenvalue weighted by molar-refractivity contribution is 5.82. The van der Waals surface area contributed by atoms with Gasteiger partial charge in [-0.15, -0.1) is 0 Å². The standard InChI is InChI=1S/C14H26N2O3/c1-2-3-8-11(15)13(17)16-12-9-6-4-5-7-10(12)14(18)19/h10-12H,2-9,15H2,1H3,(H,16,17)(H,18,19). The fourth-order valence-corrected chi connectivity index (χ4v) is 2.62. The SMILES string of the molecule is CCCCC(N)C(=O)NC1CCCCCC1C(=O)O. The maximum absolute atomic E-state index is 12.0. The molecule has 1 rings (SSSR count). The number of carboxylic acids is 1. The van der Waals surface area contributed by atoms with Gasteiger partial charge in [0.05, 0.1) is 12.0 Å². The van der Waals surface area contributed by atoms with Crippen LogP contribution in [0.4, 0.5) is 0 Å². The first-order valence-corrected chi connectivity index (χ1v) is 7.35. The lowest BCUT2D eigenvalue weighted by molar-refractivity contribution is -0.143. The molecule has 0 aromatic heterocycles.